The Kier molecular flexibility index (Phi) is 6.89. The fraction of sp³-hybridized carbons (Fsp3) is 0. The van der Waals surface area contributed by atoms with Gasteiger partial charge in [0.1, 0.15) is 23.0 Å². The van der Waals surface area contributed by atoms with Crippen molar-refractivity contribution in [3.05, 3.63) is 115 Å². The Labute approximate surface area is 217 Å². The first-order valence-electron chi connectivity index (χ1n) is 11.5. The van der Waals surface area contributed by atoms with Crippen molar-refractivity contribution in [1.82, 2.24) is 0 Å². The minimum Gasteiger partial charge on any atom is -0.768 e. The van der Waals surface area contributed by atoms with E-state index in [0.717, 1.165) is 11.1 Å². The molecule has 0 fully saturated rings. The summed E-state index contributed by atoms with van der Waals surface area (Å²) in [5, 5.41) is 0. The number of anilines is 2. The quantitative estimate of drug-likeness (QED) is 0.181. The van der Waals surface area contributed by atoms with E-state index in [0.29, 0.717) is 45.5 Å². The average Bonchev–Trinajstić information content (AvgIpc) is 2.91. The van der Waals surface area contributed by atoms with E-state index in [-0.39, 0.29) is 4.90 Å². The smallest absolute Gasteiger partial charge is 0.128 e. The van der Waals surface area contributed by atoms with Crippen LogP contribution in [0, 0.1) is 0 Å². The first kappa shape index (κ1) is 24.1. The van der Waals surface area contributed by atoms with Crippen molar-refractivity contribution in [2.45, 2.75) is 4.90 Å². The van der Waals surface area contributed by atoms with Crippen LogP contribution in [-0.2, 0) is 11.1 Å². The molecule has 1 atom stereocenters. The zero-order chi connectivity index (χ0) is 25.8. The number of nitrogen functional groups attached to an aromatic ring is 2. The van der Waals surface area contributed by atoms with E-state index in [1.807, 2.05) is 54.6 Å². The summed E-state index contributed by atoms with van der Waals surface area (Å²) in [6.07, 6.45) is 0. The van der Waals surface area contributed by atoms with Crippen molar-refractivity contribution in [3.63, 3.8) is 0 Å². The predicted molar refractivity (Wildman–Crippen MR) is 146 cm³/mol. The Hall–Kier alpha value is -4.59. The molecule has 5 aromatic rings. The lowest BCUT2D eigenvalue weighted by molar-refractivity contribution is 0.482. The van der Waals surface area contributed by atoms with Gasteiger partial charge in [0.25, 0.3) is 0 Å². The summed E-state index contributed by atoms with van der Waals surface area (Å²) in [5.41, 5.74) is 15.7. The Morgan fingerprint density at radius 2 is 1.05 bits per heavy atom. The second-order valence-corrected chi connectivity index (χ2v) is 9.22. The molecule has 5 rings (SSSR count). The lowest BCUT2D eigenvalue weighted by Crippen LogP contribution is -1.97. The molecule has 0 heterocycles. The molecule has 6 nitrogen and oxygen atoms in total. The summed E-state index contributed by atoms with van der Waals surface area (Å²) >= 11 is -2.46. The second-order valence-electron chi connectivity index (χ2n) is 8.31. The second kappa shape index (κ2) is 10.6. The molecular formula is C30H23N2O4S-. The molecule has 7 heteroatoms. The number of hydrogen-bond donors (Lipinski definition) is 2. The van der Waals surface area contributed by atoms with E-state index >= 15 is 0 Å². The fourth-order valence-corrected chi connectivity index (χ4v) is 4.58. The van der Waals surface area contributed by atoms with Crippen LogP contribution >= 0.6 is 0 Å². The van der Waals surface area contributed by atoms with Gasteiger partial charge in [-0.1, -0.05) is 36.4 Å². The third-order valence-electron chi connectivity index (χ3n) is 5.71. The molecule has 0 aliphatic carbocycles. The lowest BCUT2D eigenvalue weighted by Gasteiger charge is -2.18. The fourth-order valence-electron chi connectivity index (χ4n) is 3.99. The van der Waals surface area contributed by atoms with Gasteiger partial charge >= 0.3 is 0 Å². The molecule has 184 valence electrons. The van der Waals surface area contributed by atoms with E-state index in [2.05, 4.69) is 0 Å². The standard InChI is InChI=1S/C30H24N2O4S/c31-22-10-14-24(15-11-22)35-26-6-1-4-20(18-26)28-8-3-9-29(37(33)34)30(28)21-5-2-7-27(19-21)36-25-16-12-23(32)13-17-25/h1-19H,31-32H2,(H,33,34)/p-1. The van der Waals surface area contributed by atoms with E-state index in [1.54, 1.807) is 60.7 Å². The Balaban J connectivity index is 1.55. The van der Waals surface area contributed by atoms with E-state index < -0.39 is 11.1 Å². The van der Waals surface area contributed by atoms with Gasteiger partial charge < -0.3 is 25.5 Å². The van der Waals surface area contributed by atoms with Gasteiger partial charge in [-0.2, -0.15) is 0 Å². The number of rotatable bonds is 7. The highest BCUT2D eigenvalue weighted by molar-refractivity contribution is 7.79. The minimum absolute atomic E-state index is 0.187. The van der Waals surface area contributed by atoms with Crippen molar-refractivity contribution in [2.24, 2.45) is 0 Å². The lowest BCUT2D eigenvalue weighted by atomic mass is 9.94. The van der Waals surface area contributed by atoms with Crippen molar-refractivity contribution in [3.8, 4) is 45.3 Å². The molecule has 37 heavy (non-hydrogen) atoms. The van der Waals surface area contributed by atoms with Gasteiger partial charge in [-0.15, -0.1) is 0 Å². The highest BCUT2D eigenvalue weighted by atomic mass is 32.2. The van der Waals surface area contributed by atoms with Crippen LogP contribution in [0.25, 0.3) is 22.3 Å². The van der Waals surface area contributed by atoms with Gasteiger partial charge in [-0.25, -0.2) is 0 Å². The number of nitrogens with two attached hydrogens (primary N) is 2. The maximum absolute atomic E-state index is 12.2. The first-order chi connectivity index (χ1) is 18.0. The van der Waals surface area contributed by atoms with Crippen molar-refractivity contribution >= 4 is 22.5 Å². The normalized spacial score (nSPS) is 11.6. The van der Waals surface area contributed by atoms with Crippen LogP contribution in [0.5, 0.6) is 23.0 Å². The molecule has 4 N–H and O–H groups in total. The van der Waals surface area contributed by atoms with Gasteiger partial charge in [0, 0.05) is 21.8 Å². The first-order valence-corrected chi connectivity index (χ1v) is 12.5. The number of benzene rings is 5. The van der Waals surface area contributed by atoms with Gasteiger partial charge in [0.15, 0.2) is 0 Å². The number of hydrogen-bond acceptors (Lipinski definition) is 6. The van der Waals surface area contributed by atoms with Gasteiger partial charge in [-0.05, 0) is 107 Å². The van der Waals surface area contributed by atoms with E-state index in [4.69, 9.17) is 20.9 Å². The third-order valence-corrected chi connectivity index (χ3v) is 6.40. The largest absolute Gasteiger partial charge is 0.768 e. The van der Waals surface area contributed by atoms with Crippen molar-refractivity contribution < 1.29 is 18.2 Å². The van der Waals surface area contributed by atoms with Crippen LogP contribution in [0.15, 0.2) is 120 Å². The molecule has 0 saturated heterocycles. The maximum Gasteiger partial charge on any atom is 0.128 e. The molecule has 1 unspecified atom stereocenters. The third kappa shape index (κ3) is 5.64. The molecular weight excluding hydrogens is 484 g/mol. The van der Waals surface area contributed by atoms with Crippen LogP contribution in [-0.4, -0.2) is 8.76 Å². The molecule has 0 amide bonds. The van der Waals surface area contributed by atoms with Crippen LogP contribution in [0.3, 0.4) is 0 Å². The van der Waals surface area contributed by atoms with E-state index in [1.165, 1.54) is 0 Å². The summed E-state index contributed by atoms with van der Waals surface area (Å²) in [7, 11) is 0. The molecule has 5 aromatic carbocycles. The monoisotopic (exact) mass is 507 g/mol. The van der Waals surface area contributed by atoms with Gasteiger partial charge in [0.05, 0.1) is 0 Å². The van der Waals surface area contributed by atoms with Crippen LogP contribution in [0.2, 0.25) is 0 Å². The van der Waals surface area contributed by atoms with Gasteiger partial charge in [0.2, 0.25) is 0 Å². The summed E-state index contributed by atoms with van der Waals surface area (Å²) < 4.78 is 36.5. The summed E-state index contributed by atoms with van der Waals surface area (Å²) in [4.78, 5) is 0.187. The molecule has 0 aliphatic rings. The molecule has 0 bridgehead atoms. The summed E-state index contributed by atoms with van der Waals surface area (Å²) in [6.45, 7) is 0. The minimum atomic E-state index is -2.46. The van der Waals surface area contributed by atoms with Crippen molar-refractivity contribution in [2.75, 3.05) is 11.5 Å². The van der Waals surface area contributed by atoms with E-state index in [9.17, 15) is 8.76 Å². The molecule has 0 radical (unpaired) electrons. The topological polar surface area (TPSA) is 111 Å². The highest BCUT2D eigenvalue weighted by Gasteiger charge is 2.15. The average molecular weight is 508 g/mol. The summed E-state index contributed by atoms with van der Waals surface area (Å²) in [5.74, 6) is 2.45. The van der Waals surface area contributed by atoms with Crippen LogP contribution < -0.4 is 20.9 Å². The molecule has 0 aliphatic heterocycles. The zero-order valence-electron chi connectivity index (χ0n) is 19.7. The SMILES string of the molecule is Nc1ccc(Oc2cccc(-c3cccc(S(=O)[O-])c3-c3cccc(Oc4ccc(N)cc4)c3)c2)cc1. The van der Waals surface area contributed by atoms with Gasteiger partial charge in [-0.3, -0.25) is 4.21 Å². The van der Waals surface area contributed by atoms with Crippen molar-refractivity contribution in [1.29, 1.82) is 0 Å². The Bertz CT molecular complexity index is 1570. The maximum atomic E-state index is 12.2. The van der Waals surface area contributed by atoms with Crippen LogP contribution in [0.4, 0.5) is 11.4 Å². The number of ether oxygens (including phenoxy) is 2. The zero-order valence-corrected chi connectivity index (χ0v) is 20.5. The Morgan fingerprint density at radius 3 is 1.59 bits per heavy atom. The molecule has 0 spiro atoms. The Morgan fingerprint density at radius 1 is 0.568 bits per heavy atom. The molecule has 0 aromatic heterocycles. The highest BCUT2D eigenvalue weighted by Crippen LogP contribution is 2.39. The van der Waals surface area contributed by atoms with Crippen LogP contribution in [0.1, 0.15) is 0 Å². The summed E-state index contributed by atoms with van der Waals surface area (Å²) in [6, 6.07) is 34.2. The molecule has 0 saturated carbocycles. The predicted octanol–water partition coefficient (Wildman–Crippen LogP) is 7.01.